The number of nitrogens with one attached hydrogen (secondary N) is 2. The van der Waals surface area contributed by atoms with Crippen LogP contribution >= 0.6 is 0 Å². The molecule has 3 aliphatic heterocycles. The predicted molar refractivity (Wildman–Crippen MR) is 220 cm³/mol. The number of methoxy groups -OCH3 is 1. The number of halogens is 4. The second-order valence-corrected chi connectivity index (χ2v) is 20.7. The average Bonchev–Trinajstić information content (AvgIpc) is 4.09. The number of benzene rings is 1. The van der Waals surface area contributed by atoms with Crippen LogP contribution in [-0.2, 0) is 30.8 Å². The number of hydrogen-bond acceptors (Lipinski definition) is 10. The van der Waals surface area contributed by atoms with Crippen LogP contribution in [0.1, 0.15) is 98.0 Å². The molecule has 346 valence electrons. The van der Waals surface area contributed by atoms with Crippen LogP contribution in [0.5, 0.6) is 17.5 Å². The summed E-state index contributed by atoms with van der Waals surface area (Å²) in [6, 6.07) is -0.867. The first-order valence-electron chi connectivity index (χ1n) is 21.4. The molecule has 1 aromatic carbocycles. The van der Waals surface area contributed by atoms with Crippen LogP contribution in [0, 0.1) is 23.6 Å². The Labute approximate surface area is 363 Å². The molecule has 1 saturated heterocycles. The Kier molecular flexibility index (Phi) is 12.1. The normalized spacial score (nSPS) is 29.1. The van der Waals surface area contributed by atoms with Gasteiger partial charge in [0.25, 0.3) is 5.91 Å². The number of aryl methyl sites for hydroxylation is 1. The molecular formula is C43H55F4N5O10S. The molecule has 7 atom stereocenters. The molecule has 4 heterocycles. The van der Waals surface area contributed by atoms with Crippen LogP contribution in [-0.4, -0.2) is 113 Å². The molecule has 0 unspecified atom stereocenters. The zero-order chi connectivity index (χ0) is 46.0. The molecule has 0 spiro atoms. The molecule has 63 heavy (non-hydrogen) atoms. The smallest absolute Gasteiger partial charge is 0.411 e. The Morgan fingerprint density at radius 3 is 2.51 bits per heavy atom. The van der Waals surface area contributed by atoms with Crippen molar-refractivity contribution in [1.29, 1.82) is 0 Å². The van der Waals surface area contributed by atoms with E-state index in [9.17, 15) is 41.1 Å². The number of ether oxygens (including phenoxy) is 3. The van der Waals surface area contributed by atoms with Crippen LogP contribution in [0.15, 0.2) is 24.3 Å². The van der Waals surface area contributed by atoms with Gasteiger partial charge in [0.05, 0.1) is 25.0 Å². The number of pyridine rings is 1. The minimum absolute atomic E-state index is 0.0105. The maximum atomic E-state index is 15.3. The number of carboxylic acid groups (broad SMARTS) is 1. The zero-order valence-electron chi connectivity index (χ0n) is 36.1. The number of amides is 4. The summed E-state index contributed by atoms with van der Waals surface area (Å²) in [5.74, 6) is -5.54. The number of carbonyl (C=O) groups excluding carboxylic acids is 3. The Morgan fingerprint density at radius 1 is 1.16 bits per heavy atom. The average molecular weight is 910 g/mol. The van der Waals surface area contributed by atoms with Gasteiger partial charge in [-0.05, 0) is 101 Å². The van der Waals surface area contributed by atoms with Gasteiger partial charge in [0.2, 0.25) is 33.6 Å². The Bertz CT molecular complexity index is 2320. The summed E-state index contributed by atoms with van der Waals surface area (Å²) in [7, 11) is -2.85. The molecule has 2 saturated carbocycles. The molecule has 2 aliphatic carbocycles. The van der Waals surface area contributed by atoms with Gasteiger partial charge in [-0.1, -0.05) is 32.4 Å². The van der Waals surface area contributed by atoms with Crippen molar-refractivity contribution >= 4 is 44.6 Å². The first-order valence-corrected chi connectivity index (χ1v) is 22.9. The van der Waals surface area contributed by atoms with Gasteiger partial charge < -0.3 is 29.5 Å². The van der Waals surface area contributed by atoms with Gasteiger partial charge in [-0.2, -0.15) is 18.2 Å². The number of fused-ring (bicyclic) bond motifs is 5. The van der Waals surface area contributed by atoms with E-state index in [1.54, 1.807) is 19.1 Å². The Balaban J connectivity index is 1.33. The fourth-order valence-corrected chi connectivity index (χ4v) is 10.6. The molecule has 2 aromatic rings. The van der Waals surface area contributed by atoms with E-state index in [0.717, 1.165) is 4.90 Å². The van der Waals surface area contributed by atoms with Crippen LogP contribution in [0.4, 0.5) is 22.4 Å². The SMILES string of the molecule is CC[C@@H]1C[C@H](C)CC/C=C\[C@@H]2C[C@@]2(C(=O)NS(=O)(=O)C2(C)CC2)NC(=O)[C@@H]2C[C@@H](Oc3nc4c(c5cc(OC)c(F)cc35)CCCO4)CN2C(=O)[C@H]1N(C(=O)O)C(C)(C)C(F)(F)F. The highest BCUT2D eigenvalue weighted by atomic mass is 32.2. The number of alkyl halides is 3. The van der Waals surface area contributed by atoms with Crippen LogP contribution in [0.3, 0.4) is 0 Å². The minimum atomic E-state index is -5.14. The van der Waals surface area contributed by atoms with Crippen molar-refractivity contribution < 1.29 is 64.5 Å². The third-order valence-corrected chi connectivity index (χ3v) is 15.9. The van der Waals surface area contributed by atoms with E-state index in [1.807, 2.05) is 6.92 Å². The number of allylic oxidation sites excluding steroid dienone is 1. The highest BCUT2D eigenvalue weighted by Crippen LogP contribution is 2.48. The third kappa shape index (κ3) is 8.47. The van der Waals surface area contributed by atoms with Crippen molar-refractivity contribution in [3.8, 4) is 17.5 Å². The van der Waals surface area contributed by atoms with Crippen molar-refractivity contribution in [1.82, 2.24) is 24.8 Å². The quantitative estimate of drug-likeness (QED) is 0.197. The van der Waals surface area contributed by atoms with Crippen molar-refractivity contribution in [2.75, 3.05) is 20.3 Å². The minimum Gasteiger partial charge on any atom is -0.494 e. The molecular weight excluding hydrogens is 855 g/mol. The first-order chi connectivity index (χ1) is 29.5. The zero-order valence-corrected chi connectivity index (χ0v) is 37.0. The topological polar surface area (TPSA) is 194 Å². The molecule has 7 rings (SSSR count). The Hall–Kier alpha value is -4.88. The van der Waals surface area contributed by atoms with Crippen molar-refractivity contribution in [2.45, 2.75) is 139 Å². The molecule has 3 fully saturated rings. The van der Waals surface area contributed by atoms with Gasteiger partial charge in [-0.3, -0.25) is 24.0 Å². The van der Waals surface area contributed by atoms with Gasteiger partial charge in [0, 0.05) is 23.3 Å². The summed E-state index contributed by atoms with van der Waals surface area (Å²) >= 11 is 0. The van der Waals surface area contributed by atoms with Gasteiger partial charge >= 0.3 is 12.3 Å². The fraction of sp³-hybridized carbons (Fsp3) is 0.651. The number of rotatable bonds is 9. The molecule has 5 aliphatic rings. The van der Waals surface area contributed by atoms with Gasteiger partial charge in [-0.25, -0.2) is 17.6 Å². The molecule has 4 amide bonds. The Morgan fingerprint density at radius 2 is 1.87 bits per heavy atom. The first kappa shape index (κ1) is 46.1. The highest BCUT2D eigenvalue weighted by molar-refractivity contribution is 7.91. The molecule has 0 radical (unpaired) electrons. The third-order valence-electron chi connectivity index (χ3n) is 13.7. The van der Waals surface area contributed by atoms with Crippen molar-refractivity contribution in [3.63, 3.8) is 0 Å². The molecule has 15 nitrogen and oxygen atoms in total. The van der Waals surface area contributed by atoms with Gasteiger partial charge in [-0.15, -0.1) is 0 Å². The molecule has 0 bridgehead atoms. The van der Waals surface area contributed by atoms with E-state index in [1.165, 1.54) is 26.2 Å². The lowest BCUT2D eigenvalue weighted by Crippen LogP contribution is -2.66. The lowest BCUT2D eigenvalue weighted by molar-refractivity contribution is -0.222. The molecule has 1 aromatic heterocycles. The van der Waals surface area contributed by atoms with Crippen LogP contribution in [0.2, 0.25) is 0 Å². The summed E-state index contributed by atoms with van der Waals surface area (Å²) in [6.45, 7) is 6.23. The van der Waals surface area contributed by atoms with Gasteiger partial charge in [0.1, 0.15) is 29.3 Å². The lowest BCUT2D eigenvalue weighted by atomic mass is 9.82. The van der Waals surface area contributed by atoms with Gasteiger partial charge in [0.15, 0.2) is 11.6 Å². The van der Waals surface area contributed by atoms with Crippen molar-refractivity contribution in [2.24, 2.45) is 17.8 Å². The molecule has 3 N–H and O–H groups in total. The lowest BCUT2D eigenvalue weighted by Gasteiger charge is -2.46. The second kappa shape index (κ2) is 16.6. The second-order valence-electron chi connectivity index (χ2n) is 18.5. The number of aromatic nitrogens is 1. The predicted octanol–water partition coefficient (Wildman–Crippen LogP) is 6.02. The summed E-state index contributed by atoms with van der Waals surface area (Å²) in [5, 5.41) is 14.1. The van der Waals surface area contributed by atoms with Crippen LogP contribution < -0.4 is 24.2 Å². The standard InChI is InChI=1S/C43H55F4N5O10S/c1-7-24-17-23(2)11-8-9-12-25-21-42(25,38(55)50-63(58,59)41(5)14-15-41)49-34(53)31-18-26(22-51(31)37(54)33(24)52(39(56)57)40(3,4)43(45,46)47)62-36-29-19-30(44)32(60-6)20-28(29)27-13-10-16-61-35(27)48-36/h9,12,19-20,23-26,31,33H,7-8,10-11,13-18,21-22H2,1-6H3,(H,49,53)(H,50,55)(H,56,57)/b12-9-/t23-,24-,25-,26-,31+,33+,42-/m1/s1. The number of hydrogen-bond donors (Lipinski definition) is 3. The largest absolute Gasteiger partial charge is 0.494 e. The van der Waals surface area contributed by atoms with E-state index < -0.39 is 98.2 Å². The summed E-state index contributed by atoms with van der Waals surface area (Å²) in [6.07, 6.45) is -2.07. The highest BCUT2D eigenvalue weighted by Gasteiger charge is 2.64. The van der Waals surface area contributed by atoms with E-state index in [4.69, 9.17) is 14.2 Å². The summed E-state index contributed by atoms with van der Waals surface area (Å²) in [5.41, 5.74) is -4.18. The summed E-state index contributed by atoms with van der Waals surface area (Å²) in [4.78, 5) is 62.9. The number of sulfonamides is 1. The van der Waals surface area contributed by atoms with E-state index >= 15 is 9.18 Å². The van der Waals surface area contributed by atoms with E-state index in [2.05, 4.69) is 15.0 Å². The maximum absolute atomic E-state index is 15.3. The van der Waals surface area contributed by atoms with Crippen molar-refractivity contribution in [3.05, 3.63) is 35.7 Å². The van der Waals surface area contributed by atoms with E-state index in [-0.39, 0.29) is 59.4 Å². The molecule has 20 heteroatoms. The fourth-order valence-electron chi connectivity index (χ4n) is 9.27. The summed E-state index contributed by atoms with van der Waals surface area (Å²) < 4.78 is 105. The number of nitrogens with zero attached hydrogens (tertiary/aromatic N) is 3. The van der Waals surface area contributed by atoms with E-state index in [0.29, 0.717) is 69.9 Å². The maximum Gasteiger partial charge on any atom is 0.411 e. The number of carbonyl (C=O) groups is 4. The monoisotopic (exact) mass is 909 g/mol. The van der Waals surface area contributed by atoms with Crippen LogP contribution in [0.25, 0.3) is 10.8 Å².